The van der Waals surface area contributed by atoms with Crippen LogP contribution < -0.4 is 5.32 Å². The molecule has 2 aliphatic rings. The lowest BCUT2D eigenvalue weighted by Gasteiger charge is -2.35. The Morgan fingerprint density at radius 3 is 2.63 bits per heavy atom. The van der Waals surface area contributed by atoms with Crippen LogP contribution in [0.25, 0.3) is 0 Å². The van der Waals surface area contributed by atoms with E-state index in [9.17, 15) is 9.18 Å². The molecule has 30 heavy (non-hydrogen) atoms. The van der Waals surface area contributed by atoms with Gasteiger partial charge in [0.15, 0.2) is 5.96 Å². The van der Waals surface area contributed by atoms with Crippen molar-refractivity contribution in [2.75, 3.05) is 52.9 Å². The fourth-order valence-electron chi connectivity index (χ4n) is 4.37. The average molecular weight is 418 g/mol. The lowest BCUT2D eigenvalue weighted by atomic mass is 10.1. The molecule has 1 heterocycles. The largest absolute Gasteiger partial charge is 0.357 e. The Bertz CT molecular complexity index is 711. The van der Waals surface area contributed by atoms with Crippen molar-refractivity contribution in [3.63, 3.8) is 0 Å². The summed E-state index contributed by atoms with van der Waals surface area (Å²) in [4.78, 5) is 23.8. The highest BCUT2D eigenvalue weighted by molar-refractivity contribution is 5.80. The molecule has 1 saturated heterocycles. The first-order valence-electron chi connectivity index (χ1n) is 11.3. The number of aliphatic imine (C=N–C) groups is 1. The Balaban J connectivity index is 1.44. The maximum Gasteiger partial charge on any atom is 0.225 e. The van der Waals surface area contributed by atoms with Gasteiger partial charge in [0.05, 0.1) is 6.54 Å². The van der Waals surface area contributed by atoms with Gasteiger partial charge in [0.2, 0.25) is 5.91 Å². The zero-order valence-corrected chi connectivity index (χ0v) is 18.4. The van der Waals surface area contributed by atoms with Gasteiger partial charge in [0.1, 0.15) is 5.82 Å². The lowest BCUT2D eigenvalue weighted by molar-refractivity contribution is -0.137. The minimum absolute atomic E-state index is 0.214. The predicted octanol–water partition coefficient (Wildman–Crippen LogP) is 2.56. The predicted molar refractivity (Wildman–Crippen MR) is 119 cm³/mol. The molecule has 0 spiro atoms. The van der Waals surface area contributed by atoms with Crippen LogP contribution in [0.1, 0.15) is 38.2 Å². The molecule has 3 rings (SSSR count). The number of nitrogens with one attached hydrogen (secondary N) is 1. The molecule has 1 aromatic carbocycles. The number of hydrogen-bond acceptors (Lipinski definition) is 3. The number of carbonyl (C=O) groups excluding carboxylic acids is 1. The van der Waals surface area contributed by atoms with Gasteiger partial charge in [-0.25, -0.2) is 4.39 Å². The molecule has 1 aliphatic carbocycles. The van der Waals surface area contributed by atoms with Crippen LogP contribution in [0.3, 0.4) is 0 Å². The van der Waals surface area contributed by atoms with Crippen molar-refractivity contribution in [3.8, 4) is 0 Å². The van der Waals surface area contributed by atoms with Crippen LogP contribution in [-0.4, -0.2) is 79.4 Å². The van der Waals surface area contributed by atoms with Crippen LogP contribution in [0.5, 0.6) is 0 Å². The van der Waals surface area contributed by atoms with Crippen LogP contribution in [0, 0.1) is 11.7 Å². The molecule has 2 fully saturated rings. The van der Waals surface area contributed by atoms with Gasteiger partial charge in [0.25, 0.3) is 0 Å². The van der Waals surface area contributed by atoms with Crippen LogP contribution in [0.15, 0.2) is 29.3 Å². The molecular weight excluding hydrogens is 381 g/mol. The van der Waals surface area contributed by atoms with E-state index in [1.165, 1.54) is 18.9 Å². The molecule has 1 amide bonds. The number of hydrogen-bond donors (Lipinski definition) is 1. The van der Waals surface area contributed by atoms with E-state index >= 15 is 0 Å². The summed E-state index contributed by atoms with van der Waals surface area (Å²) in [6.07, 6.45) is 4.56. The molecule has 0 aromatic heterocycles. The van der Waals surface area contributed by atoms with Crippen molar-refractivity contribution < 1.29 is 9.18 Å². The Hall–Kier alpha value is -2.15. The molecule has 166 valence electrons. The van der Waals surface area contributed by atoms with Crippen LogP contribution >= 0.6 is 0 Å². The number of carbonyl (C=O) groups is 1. The van der Waals surface area contributed by atoms with Crippen molar-refractivity contribution in [2.24, 2.45) is 10.9 Å². The number of nitrogens with zero attached hydrogens (tertiary/aromatic N) is 4. The number of amides is 1. The topological polar surface area (TPSA) is 51.2 Å². The van der Waals surface area contributed by atoms with E-state index in [0.717, 1.165) is 63.6 Å². The maximum atomic E-state index is 13.4. The highest BCUT2D eigenvalue weighted by Crippen LogP contribution is 2.26. The molecule has 0 bridgehead atoms. The molecule has 0 unspecified atom stereocenters. The molecule has 1 aromatic rings. The zero-order valence-electron chi connectivity index (χ0n) is 18.4. The number of halogens is 1. The molecule has 1 aliphatic heterocycles. The second-order valence-electron chi connectivity index (χ2n) is 8.37. The van der Waals surface area contributed by atoms with Crippen LogP contribution in [0.2, 0.25) is 0 Å². The lowest BCUT2D eigenvalue weighted by Crippen LogP contribution is -2.50. The summed E-state index contributed by atoms with van der Waals surface area (Å²) in [5.74, 6) is 1.27. The van der Waals surface area contributed by atoms with Crippen molar-refractivity contribution in [1.82, 2.24) is 20.0 Å². The van der Waals surface area contributed by atoms with E-state index in [4.69, 9.17) is 4.99 Å². The summed E-state index contributed by atoms with van der Waals surface area (Å²) in [6, 6.07) is 6.69. The third kappa shape index (κ3) is 6.42. The number of benzene rings is 1. The summed E-state index contributed by atoms with van der Waals surface area (Å²) < 4.78 is 13.4. The van der Waals surface area contributed by atoms with Gasteiger partial charge in [-0.05, 0) is 37.5 Å². The van der Waals surface area contributed by atoms with Crippen molar-refractivity contribution in [1.29, 1.82) is 0 Å². The summed E-state index contributed by atoms with van der Waals surface area (Å²) in [5, 5.41) is 3.32. The monoisotopic (exact) mass is 417 g/mol. The molecule has 1 saturated carbocycles. The third-order valence-corrected chi connectivity index (χ3v) is 6.07. The minimum Gasteiger partial charge on any atom is -0.357 e. The fourth-order valence-corrected chi connectivity index (χ4v) is 4.37. The van der Waals surface area contributed by atoms with Gasteiger partial charge in [-0.1, -0.05) is 25.0 Å². The van der Waals surface area contributed by atoms with Gasteiger partial charge < -0.3 is 15.1 Å². The van der Waals surface area contributed by atoms with Gasteiger partial charge >= 0.3 is 0 Å². The van der Waals surface area contributed by atoms with Crippen molar-refractivity contribution in [2.45, 2.75) is 39.2 Å². The number of guanidine groups is 1. The van der Waals surface area contributed by atoms with Gasteiger partial charge in [-0.15, -0.1) is 0 Å². The third-order valence-electron chi connectivity index (χ3n) is 6.07. The first kappa shape index (κ1) is 22.5. The fraction of sp³-hybridized carbons (Fsp3) is 0.652. The SMILES string of the molecule is CCNC(=NCCN1CCN(C(=O)C2CCCC2)CC1)N(C)Cc1cccc(F)c1. The second kappa shape index (κ2) is 11.3. The van der Waals surface area contributed by atoms with E-state index in [0.29, 0.717) is 19.0 Å². The average Bonchev–Trinajstić information content (AvgIpc) is 3.28. The first-order chi connectivity index (χ1) is 14.6. The normalized spacial score (nSPS) is 18.6. The smallest absolute Gasteiger partial charge is 0.225 e. The molecule has 7 heteroatoms. The van der Waals surface area contributed by atoms with Crippen LogP contribution in [-0.2, 0) is 11.3 Å². The minimum atomic E-state index is -0.214. The summed E-state index contributed by atoms with van der Waals surface area (Å²) in [6.45, 7) is 8.52. The van der Waals surface area contributed by atoms with Gasteiger partial charge in [0, 0.05) is 58.8 Å². The maximum absolute atomic E-state index is 13.4. The standard InChI is InChI=1S/C23H36FN5O/c1-3-25-23(27(2)18-19-7-6-10-21(24)17-19)26-11-12-28-13-15-29(16-14-28)22(30)20-8-4-5-9-20/h6-7,10,17,20H,3-5,8-9,11-16,18H2,1-2H3,(H,25,26). The first-order valence-corrected chi connectivity index (χ1v) is 11.3. The molecule has 1 N–H and O–H groups in total. The van der Waals surface area contributed by atoms with Crippen LogP contribution in [0.4, 0.5) is 4.39 Å². The Labute approximate surface area is 180 Å². The highest BCUT2D eigenvalue weighted by Gasteiger charge is 2.29. The van der Waals surface area contributed by atoms with E-state index < -0.39 is 0 Å². The van der Waals surface area contributed by atoms with E-state index in [-0.39, 0.29) is 11.7 Å². The van der Waals surface area contributed by atoms with E-state index in [2.05, 4.69) is 15.1 Å². The highest BCUT2D eigenvalue weighted by atomic mass is 19.1. The summed E-state index contributed by atoms with van der Waals surface area (Å²) in [7, 11) is 1.97. The quantitative estimate of drug-likeness (QED) is 0.547. The summed E-state index contributed by atoms with van der Waals surface area (Å²) >= 11 is 0. The Morgan fingerprint density at radius 1 is 1.23 bits per heavy atom. The Kier molecular flexibility index (Phi) is 8.49. The molecular formula is C23H36FN5O. The van der Waals surface area contributed by atoms with Crippen molar-refractivity contribution in [3.05, 3.63) is 35.6 Å². The van der Waals surface area contributed by atoms with E-state index in [1.54, 1.807) is 12.1 Å². The van der Waals surface area contributed by atoms with E-state index in [1.807, 2.05) is 24.9 Å². The van der Waals surface area contributed by atoms with Gasteiger partial charge in [-0.3, -0.25) is 14.7 Å². The molecule has 0 atom stereocenters. The van der Waals surface area contributed by atoms with Gasteiger partial charge in [-0.2, -0.15) is 0 Å². The Morgan fingerprint density at radius 2 is 1.97 bits per heavy atom. The van der Waals surface area contributed by atoms with Crippen molar-refractivity contribution >= 4 is 11.9 Å². The number of piperazine rings is 1. The molecule has 6 nitrogen and oxygen atoms in total. The number of rotatable bonds is 7. The summed E-state index contributed by atoms with van der Waals surface area (Å²) in [5.41, 5.74) is 0.922. The molecule has 0 radical (unpaired) electrons. The second-order valence-corrected chi connectivity index (χ2v) is 8.37. The zero-order chi connectivity index (χ0) is 21.3.